The number of hydrogen-bond acceptors (Lipinski definition) is 6. The Hall–Kier alpha value is -0.690. The fourth-order valence-corrected chi connectivity index (χ4v) is 8.87. The molecule has 5 aliphatic rings. The molecule has 5 fully saturated rings. The highest BCUT2D eigenvalue weighted by molar-refractivity contribution is 5.71. The summed E-state index contributed by atoms with van der Waals surface area (Å²) in [4.78, 5) is 11.4. The van der Waals surface area contributed by atoms with Crippen LogP contribution in [0.4, 0.5) is 0 Å². The van der Waals surface area contributed by atoms with Gasteiger partial charge in [-0.15, -0.1) is 0 Å². The standard InChI is InChI=1S/C25H41NO4.C4H10.CH4O/c1-23-9-6-17(15-26-16-22(27)28-3)14-18(23)4-5-19-20(23)7-10-24(2)21(19)8-11-25(24)29-12-13-30-25;1-4(2)3;1-2/h17-21,26H,4-16H2,1-3H3;4H,1-3H3;2H,1H3. The van der Waals surface area contributed by atoms with Crippen LogP contribution < -0.4 is 5.32 Å². The Morgan fingerprint density at radius 1 is 0.972 bits per heavy atom. The van der Waals surface area contributed by atoms with Gasteiger partial charge < -0.3 is 24.6 Å². The van der Waals surface area contributed by atoms with Crippen LogP contribution in [-0.4, -0.2) is 57.4 Å². The fraction of sp³-hybridized carbons (Fsp3) is 0.967. The van der Waals surface area contributed by atoms with Crippen molar-refractivity contribution in [2.24, 2.45) is 46.3 Å². The molecule has 0 aromatic rings. The van der Waals surface area contributed by atoms with Crippen molar-refractivity contribution in [3.05, 3.63) is 0 Å². The number of rotatable bonds is 4. The predicted octanol–water partition coefficient (Wildman–Crippen LogP) is 5.42. The van der Waals surface area contributed by atoms with E-state index >= 15 is 0 Å². The van der Waals surface area contributed by atoms with Crippen LogP contribution in [0.5, 0.6) is 0 Å². The number of fused-ring (bicyclic) bond motifs is 6. The SMILES string of the molecule is CC(C)C.CO.COC(=O)CNCC1CCC2(C)C(CCC3C2CCC2(C)C3CCC23OCCO3)C1. The molecule has 210 valence electrons. The molecule has 2 N–H and O–H groups in total. The number of aliphatic hydroxyl groups is 1. The number of esters is 1. The van der Waals surface area contributed by atoms with Crippen LogP contribution in [0.25, 0.3) is 0 Å². The van der Waals surface area contributed by atoms with Gasteiger partial charge in [0, 0.05) is 18.9 Å². The Morgan fingerprint density at radius 2 is 1.61 bits per heavy atom. The van der Waals surface area contributed by atoms with Gasteiger partial charge >= 0.3 is 5.97 Å². The number of methoxy groups -OCH3 is 1. The lowest BCUT2D eigenvalue weighted by Gasteiger charge is -2.61. The van der Waals surface area contributed by atoms with Gasteiger partial charge in [0.1, 0.15) is 0 Å². The highest BCUT2D eigenvalue weighted by Crippen LogP contribution is 2.69. The summed E-state index contributed by atoms with van der Waals surface area (Å²) in [5.41, 5.74) is 0.707. The Balaban J connectivity index is 0.000000550. The van der Waals surface area contributed by atoms with E-state index in [1.165, 1.54) is 58.5 Å². The summed E-state index contributed by atoms with van der Waals surface area (Å²) in [5, 5.41) is 10.3. The summed E-state index contributed by atoms with van der Waals surface area (Å²) in [6.45, 7) is 14.5. The van der Waals surface area contributed by atoms with E-state index in [0.717, 1.165) is 62.9 Å². The minimum atomic E-state index is -0.274. The molecule has 0 bridgehead atoms. The van der Waals surface area contributed by atoms with Crippen molar-refractivity contribution < 1.29 is 24.1 Å². The topological polar surface area (TPSA) is 77.0 Å². The lowest BCUT2D eigenvalue weighted by atomic mass is 9.44. The summed E-state index contributed by atoms with van der Waals surface area (Å²) in [6, 6.07) is 0. The van der Waals surface area contributed by atoms with Crippen molar-refractivity contribution in [2.75, 3.05) is 40.5 Å². The van der Waals surface area contributed by atoms with E-state index in [1.807, 2.05) is 0 Å². The Labute approximate surface area is 220 Å². The zero-order valence-electron chi connectivity index (χ0n) is 24.2. The Morgan fingerprint density at radius 3 is 2.25 bits per heavy atom. The first-order valence-electron chi connectivity index (χ1n) is 14.7. The monoisotopic (exact) mass is 509 g/mol. The number of carbonyl (C=O) groups is 1. The Kier molecular flexibility index (Phi) is 10.3. The third-order valence-electron chi connectivity index (χ3n) is 10.5. The van der Waals surface area contributed by atoms with Crippen LogP contribution in [0.3, 0.4) is 0 Å². The minimum absolute atomic E-state index is 0.161. The van der Waals surface area contributed by atoms with Gasteiger partial charge in [0.2, 0.25) is 0 Å². The third kappa shape index (κ3) is 5.67. The molecule has 1 aliphatic heterocycles. The quantitative estimate of drug-likeness (QED) is 0.493. The maximum atomic E-state index is 11.4. The third-order valence-corrected chi connectivity index (χ3v) is 10.5. The second kappa shape index (κ2) is 12.4. The van der Waals surface area contributed by atoms with Crippen molar-refractivity contribution in [3.63, 3.8) is 0 Å². The normalized spacial score (nSPS) is 40.2. The first-order chi connectivity index (χ1) is 17.1. The molecule has 5 rings (SSSR count). The zero-order chi connectivity index (χ0) is 26.6. The number of hydrogen-bond donors (Lipinski definition) is 2. The van der Waals surface area contributed by atoms with Crippen molar-refractivity contribution in [1.29, 1.82) is 0 Å². The van der Waals surface area contributed by atoms with Crippen LogP contribution in [0.1, 0.15) is 92.4 Å². The van der Waals surface area contributed by atoms with E-state index in [-0.39, 0.29) is 17.2 Å². The minimum Gasteiger partial charge on any atom is -0.468 e. The second-order valence-electron chi connectivity index (χ2n) is 13.2. The number of ether oxygens (including phenoxy) is 3. The van der Waals surface area contributed by atoms with Crippen LogP contribution >= 0.6 is 0 Å². The lowest BCUT2D eigenvalue weighted by Crippen LogP contribution is -2.57. The molecule has 7 unspecified atom stereocenters. The number of aliphatic hydroxyl groups excluding tert-OH is 1. The summed E-state index contributed by atoms with van der Waals surface area (Å²) < 4.78 is 17.4. The first-order valence-corrected chi connectivity index (χ1v) is 14.7. The molecule has 1 spiro atoms. The number of carbonyl (C=O) groups excluding carboxylic acids is 1. The summed E-state index contributed by atoms with van der Waals surface area (Å²) >= 11 is 0. The van der Waals surface area contributed by atoms with Crippen molar-refractivity contribution >= 4 is 5.97 Å². The summed E-state index contributed by atoms with van der Waals surface area (Å²) in [7, 11) is 2.46. The van der Waals surface area contributed by atoms with Gasteiger partial charge in [-0.1, -0.05) is 34.6 Å². The van der Waals surface area contributed by atoms with E-state index in [0.29, 0.717) is 17.9 Å². The second-order valence-corrected chi connectivity index (χ2v) is 13.2. The molecule has 6 nitrogen and oxygen atoms in total. The van der Waals surface area contributed by atoms with Gasteiger partial charge in [0.05, 0.1) is 26.9 Å². The van der Waals surface area contributed by atoms with E-state index in [1.54, 1.807) is 0 Å². The van der Waals surface area contributed by atoms with Crippen LogP contribution in [-0.2, 0) is 19.0 Å². The smallest absolute Gasteiger partial charge is 0.319 e. The van der Waals surface area contributed by atoms with Crippen molar-refractivity contribution in [3.8, 4) is 0 Å². The average molecular weight is 510 g/mol. The van der Waals surface area contributed by atoms with Gasteiger partial charge in [0.25, 0.3) is 0 Å². The van der Waals surface area contributed by atoms with Crippen LogP contribution in [0.15, 0.2) is 0 Å². The molecule has 6 heteroatoms. The molecule has 7 atom stereocenters. The maximum Gasteiger partial charge on any atom is 0.319 e. The molecule has 4 saturated carbocycles. The zero-order valence-corrected chi connectivity index (χ0v) is 24.2. The summed E-state index contributed by atoms with van der Waals surface area (Å²) in [5.74, 6) is 4.44. The fourth-order valence-electron chi connectivity index (χ4n) is 8.87. The molecule has 0 aromatic carbocycles. The van der Waals surface area contributed by atoms with Crippen molar-refractivity contribution in [1.82, 2.24) is 5.32 Å². The highest BCUT2D eigenvalue weighted by Gasteiger charge is 2.67. The average Bonchev–Trinajstić information content (AvgIpc) is 3.45. The molecule has 1 heterocycles. The van der Waals surface area contributed by atoms with E-state index in [9.17, 15) is 4.79 Å². The maximum absolute atomic E-state index is 11.4. The highest BCUT2D eigenvalue weighted by atomic mass is 16.7. The molecular formula is C30H55NO5. The molecule has 0 amide bonds. The molecular weight excluding hydrogens is 454 g/mol. The van der Waals surface area contributed by atoms with Crippen LogP contribution in [0, 0.1) is 46.3 Å². The lowest BCUT2D eigenvalue weighted by molar-refractivity contribution is -0.247. The van der Waals surface area contributed by atoms with Crippen LogP contribution in [0.2, 0.25) is 0 Å². The molecule has 0 radical (unpaired) electrons. The van der Waals surface area contributed by atoms with Crippen molar-refractivity contribution in [2.45, 2.75) is 98.2 Å². The van der Waals surface area contributed by atoms with Gasteiger partial charge in [-0.25, -0.2) is 0 Å². The van der Waals surface area contributed by atoms with E-state index < -0.39 is 0 Å². The molecule has 0 aromatic heterocycles. The first kappa shape index (κ1) is 29.9. The van der Waals surface area contributed by atoms with Gasteiger partial charge in [-0.3, -0.25) is 4.79 Å². The molecule has 4 aliphatic carbocycles. The predicted molar refractivity (Wildman–Crippen MR) is 143 cm³/mol. The summed E-state index contributed by atoms with van der Waals surface area (Å²) in [6.07, 6.45) is 11.8. The largest absolute Gasteiger partial charge is 0.468 e. The molecule has 36 heavy (non-hydrogen) atoms. The molecule has 1 saturated heterocycles. The van der Waals surface area contributed by atoms with E-state index in [4.69, 9.17) is 19.3 Å². The number of nitrogens with one attached hydrogen (secondary N) is 1. The van der Waals surface area contributed by atoms with E-state index in [2.05, 4.69) is 39.9 Å². The van der Waals surface area contributed by atoms with Gasteiger partial charge in [-0.2, -0.15) is 0 Å². The van der Waals surface area contributed by atoms with Gasteiger partial charge in [-0.05, 0) is 98.8 Å². The Bertz CT molecular complexity index is 705. The van der Waals surface area contributed by atoms with Gasteiger partial charge in [0.15, 0.2) is 5.79 Å².